The van der Waals surface area contributed by atoms with E-state index in [1.165, 1.54) is 0 Å². The highest BCUT2D eigenvalue weighted by Crippen LogP contribution is 2.15. The summed E-state index contributed by atoms with van der Waals surface area (Å²) >= 11 is 6.02. The van der Waals surface area contributed by atoms with Crippen molar-refractivity contribution in [3.63, 3.8) is 0 Å². The first-order valence-electron chi connectivity index (χ1n) is 7.10. The van der Waals surface area contributed by atoms with Crippen molar-refractivity contribution in [3.8, 4) is 0 Å². The summed E-state index contributed by atoms with van der Waals surface area (Å²) in [7, 11) is 1.99. The van der Waals surface area contributed by atoms with Crippen molar-refractivity contribution < 1.29 is 4.79 Å². The molecular weight excluding hydrogens is 298 g/mol. The van der Waals surface area contributed by atoms with E-state index in [2.05, 4.69) is 14.9 Å². The molecule has 1 heterocycles. The number of nitrogens with one attached hydrogen (secondary N) is 1. The Labute approximate surface area is 133 Å². The Morgan fingerprint density at radius 3 is 2.68 bits per heavy atom. The van der Waals surface area contributed by atoms with Gasteiger partial charge in [0.25, 0.3) is 5.91 Å². The number of halogens is 1. The monoisotopic (exact) mass is 313 g/mol. The third-order valence-electron chi connectivity index (χ3n) is 3.63. The van der Waals surface area contributed by atoms with Crippen LogP contribution in [-0.2, 0) is 13.5 Å². The standard InChI is InChI=1S/C17H16ClN3O/c1-21-15-9-5-4-8-14(15)20-16(21)10-11-19-17(22)12-6-2-3-7-13(12)18/h2-9H,10-11H2,1H3,(H,19,22). The molecule has 0 radical (unpaired) electrons. The molecule has 3 aromatic rings. The maximum Gasteiger partial charge on any atom is 0.252 e. The van der Waals surface area contributed by atoms with Crippen molar-refractivity contribution in [2.75, 3.05) is 6.54 Å². The molecule has 0 aliphatic heterocycles. The lowest BCUT2D eigenvalue weighted by Gasteiger charge is -2.07. The van der Waals surface area contributed by atoms with E-state index >= 15 is 0 Å². The van der Waals surface area contributed by atoms with Gasteiger partial charge in [0.05, 0.1) is 21.6 Å². The van der Waals surface area contributed by atoms with E-state index in [1.807, 2.05) is 31.3 Å². The van der Waals surface area contributed by atoms with Crippen LogP contribution in [0.1, 0.15) is 16.2 Å². The predicted octanol–water partition coefficient (Wildman–Crippen LogP) is 3.20. The molecule has 1 N–H and O–H groups in total. The Kier molecular flexibility index (Phi) is 4.11. The molecular formula is C17H16ClN3O. The number of hydrogen-bond acceptors (Lipinski definition) is 2. The Morgan fingerprint density at radius 2 is 1.91 bits per heavy atom. The Morgan fingerprint density at radius 1 is 1.18 bits per heavy atom. The van der Waals surface area contributed by atoms with Gasteiger partial charge in [-0.3, -0.25) is 4.79 Å². The van der Waals surface area contributed by atoms with E-state index in [9.17, 15) is 4.79 Å². The van der Waals surface area contributed by atoms with Crippen molar-refractivity contribution in [2.24, 2.45) is 7.05 Å². The van der Waals surface area contributed by atoms with Crippen molar-refractivity contribution in [1.29, 1.82) is 0 Å². The lowest BCUT2D eigenvalue weighted by Crippen LogP contribution is -2.26. The fourth-order valence-corrected chi connectivity index (χ4v) is 2.67. The zero-order valence-corrected chi connectivity index (χ0v) is 13.0. The SMILES string of the molecule is Cn1c(CCNC(=O)c2ccccc2Cl)nc2ccccc21. The molecule has 4 nitrogen and oxygen atoms in total. The van der Waals surface area contributed by atoms with Gasteiger partial charge in [-0.1, -0.05) is 35.9 Å². The number of fused-ring (bicyclic) bond motifs is 1. The summed E-state index contributed by atoms with van der Waals surface area (Å²) in [6.45, 7) is 0.515. The van der Waals surface area contributed by atoms with Crippen molar-refractivity contribution in [2.45, 2.75) is 6.42 Å². The second kappa shape index (κ2) is 6.20. The molecule has 5 heteroatoms. The van der Waals surface area contributed by atoms with E-state index in [0.29, 0.717) is 23.6 Å². The summed E-state index contributed by atoms with van der Waals surface area (Å²) in [4.78, 5) is 16.7. The lowest BCUT2D eigenvalue weighted by molar-refractivity contribution is 0.0954. The predicted molar refractivity (Wildman–Crippen MR) is 88.2 cm³/mol. The first kappa shape index (κ1) is 14.6. The minimum atomic E-state index is -0.163. The number of amides is 1. The number of aromatic nitrogens is 2. The molecule has 0 bridgehead atoms. The number of carbonyl (C=O) groups excluding carboxylic acids is 1. The van der Waals surface area contributed by atoms with Crippen LogP contribution in [0.15, 0.2) is 48.5 Å². The number of carbonyl (C=O) groups is 1. The van der Waals surface area contributed by atoms with Crippen LogP contribution in [-0.4, -0.2) is 22.0 Å². The van der Waals surface area contributed by atoms with E-state index in [-0.39, 0.29) is 5.91 Å². The minimum absolute atomic E-state index is 0.163. The van der Waals surface area contributed by atoms with Gasteiger partial charge in [-0.2, -0.15) is 0 Å². The molecule has 0 saturated heterocycles. The molecule has 0 aliphatic carbocycles. The van der Waals surface area contributed by atoms with Gasteiger partial charge in [-0.25, -0.2) is 4.98 Å². The number of aryl methyl sites for hydroxylation is 1. The smallest absolute Gasteiger partial charge is 0.252 e. The highest BCUT2D eigenvalue weighted by Gasteiger charge is 2.10. The summed E-state index contributed by atoms with van der Waals surface area (Å²) in [6, 6.07) is 15.0. The van der Waals surface area contributed by atoms with E-state index in [1.54, 1.807) is 24.3 Å². The summed E-state index contributed by atoms with van der Waals surface area (Å²) in [6.07, 6.45) is 0.668. The quantitative estimate of drug-likeness (QED) is 0.804. The molecule has 0 unspecified atom stereocenters. The van der Waals surface area contributed by atoms with Gasteiger partial charge < -0.3 is 9.88 Å². The van der Waals surface area contributed by atoms with E-state index < -0.39 is 0 Å². The van der Waals surface area contributed by atoms with Crippen LogP contribution in [0.2, 0.25) is 5.02 Å². The highest BCUT2D eigenvalue weighted by atomic mass is 35.5. The van der Waals surface area contributed by atoms with Crippen LogP contribution in [0, 0.1) is 0 Å². The molecule has 22 heavy (non-hydrogen) atoms. The van der Waals surface area contributed by atoms with Crippen molar-refractivity contribution >= 4 is 28.5 Å². The average Bonchev–Trinajstić information content (AvgIpc) is 2.84. The maximum atomic E-state index is 12.1. The van der Waals surface area contributed by atoms with Crippen LogP contribution < -0.4 is 5.32 Å². The maximum absolute atomic E-state index is 12.1. The van der Waals surface area contributed by atoms with Crippen LogP contribution in [0.4, 0.5) is 0 Å². The lowest BCUT2D eigenvalue weighted by atomic mass is 10.2. The second-order valence-electron chi connectivity index (χ2n) is 5.06. The molecule has 0 atom stereocenters. The third-order valence-corrected chi connectivity index (χ3v) is 3.96. The number of benzene rings is 2. The molecule has 3 rings (SSSR count). The highest BCUT2D eigenvalue weighted by molar-refractivity contribution is 6.33. The summed E-state index contributed by atoms with van der Waals surface area (Å²) in [5.41, 5.74) is 2.56. The summed E-state index contributed by atoms with van der Waals surface area (Å²) < 4.78 is 2.05. The van der Waals surface area contributed by atoms with Crippen LogP contribution in [0.25, 0.3) is 11.0 Å². The molecule has 1 amide bonds. The molecule has 112 valence electrons. The second-order valence-corrected chi connectivity index (χ2v) is 5.47. The normalized spacial score (nSPS) is 10.8. The average molecular weight is 314 g/mol. The number of nitrogens with zero attached hydrogens (tertiary/aromatic N) is 2. The van der Waals surface area contributed by atoms with Gasteiger partial charge in [0.2, 0.25) is 0 Å². The van der Waals surface area contributed by atoms with Crippen molar-refractivity contribution in [1.82, 2.24) is 14.9 Å². The molecule has 1 aromatic heterocycles. The molecule has 0 aliphatic rings. The fourth-order valence-electron chi connectivity index (χ4n) is 2.45. The largest absolute Gasteiger partial charge is 0.352 e. The molecule has 2 aromatic carbocycles. The fraction of sp³-hybridized carbons (Fsp3) is 0.176. The van der Waals surface area contributed by atoms with E-state index in [0.717, 1.165) is 16.9 Å². The van der Waals surface area contributed by atoms with Gasteiger partial charge in [-0.05, 0) is 24.3 Å². The topological polar surface area (TPSA) is 46.9 Å². The summed E-state index contributed by atoms with van der Waals surface area (Å²) in [5, 5.41) is 3.34. The van der Waals surface area contributed by atoms with Gasteiger partial charge in [0.1, 0.15) is 5.82 Å². The molecule has 0 spiro atoms. The third kappa shape index (κ3) is 2.83. The zero-order chi connectivity index (χ0) is 15.5. The number of hydrogen-bond donors (Lipinski definition) is 1. The first-order valence-corrected chi connectivity index (χ1v) is 7.47. The zero-order valence-electron chi connectivity index (χ0n) is 12.2. The van der Waals surface area contributed by atoms with Crippen LogP contribution >= 0.6 is 11.6 Å². The number of para-hydroxylation sites is 2. The van der Waals surface area contributed by atoms with Gasteiger partial charge in [0.15, 0.2) is 0 Å². The number of imidazole rings is 1. The van der Waals surface area contributed by atoms with Crippen LogP contribution in [0.5, 0.6) is 0 Å². The Hall–Kier alpha value is -2.33. The van der Waals surface area contributed by atoms with Gasteiger partial charge in [0, 0.05) is 20.0 Å². The minimum Gasteiger partial charge on any atom is -0.352 e. The first-order chi connectivity index (χ1) is 10.7. The van der Waals surface area contributed by atoms with Gasteiger partial charge >= 0.3 is 0 Å². The number of rotatable bonds is 4. The van der Waals surface area contributed by atoms with Gasteiger partial charge in [-0.15, -0.1) is 0 Å². The van der Waals surface area contributed by atoms with E-state index in [4.69, 9.17) is 11.6 Å². The van der Waals surface area contributed by atoms with Crippen LogP contribution in [0.3, 0.4) is 0 Å². The van der Waals surface area contributed by atoms with Crippen molar-refractivity contribution in [3.05, 3.63) is 64.9 Å². The molecule has 0 saturated carbocycles. The molecule has 0 fully saturated rings. The summed E-state index contributed by atoms with van der Waals surface area (Å²) in [5.74, 6) is 0.782. The Balaban J connectivity index is 1.66. The Bertz CT molecular complexity index is 826.